The lowest BCUT2D eigenvalue weighted by atomic mass is 10.0. The van der Waals surface area contributed by atoms with Gasteiger partial charge < -0.3 is 19.8 Å². The molecule has 3 N–H and O–H groups in total. The molecule has 10 nitrogen and oxygen atoms in total. The van der Waals surface area contributed by atoms with Crippen molar-refractivity contribution in [1.82, 2.24) is 15.3 Å². The first-order valence-electron chi connectivity index (χ1n) is 9.34. The van der Waals surface area contributed by atoms with Gasteiger partial charge in [-0.3, -0.25) is 14.6 Å². The molecule has 0 aliphatic carbocycles. The Balaban J connectivity index is 1.59. The van der Waals surface area contributed by atoms with Crippen LogP contribution in [0.25, 0.3) is 0 Å². The molecule has 1 aliphatic rings. The highest BCUT2D eigenvalue weighted by atomic mass is 16.5. The fourth-order valence-electron chi connectivity index (χ4n) is 2.72. The van der Waals surface area contributed by atoms with E-state index in [9.17, 15) is 24.0 Å². The minimum atomic E-state index is -0.705. The van der Waals surface area contributed by atoms with Gasteiger partial charge in [-0.2, -0.15) is 0 Å². The fraction of sp³-hybridized carbons (Fsp3) is 0.350. The lowest BCUT2D eigenvalue weighted by Gasteiger charge is -2.15. The maximum absolute atomic E-state index is 11.6. The van der Waals surface area contributed by atoms with E-state index in [1.807, 2.05) is 0 Å². The Bertz CT molecular complexity index is 956. The van der Waals surface area contributed by atoms with E-state index in [2.05, 4.69) is 21.9 Å². The quantitative estimate of drug-likeness (QED) is 0.283. The second kappa shape index (κ2) is 11.3. The number of aryl methyl sites for hydroxylation is 1. The largest absolute Gasteiger partial charge is 0.463 e. The molecule has 0 unspecified atom stereocenters. The third kappa shape index (κ3) is 8.55. The van der Waals surface area contributed by atoms with Gasteiger partial charge in [0.25, 0.3) is 5.56 Å². The molecule has 0 saturated heterocycles. The summed E-state index contributed by atoms with van der Waals surface area (Å²) < 4.78 is 9.93. The van der Waals surface area contributed by atoms with Crippen LogP contribution in [0.15, 0.2) is 51.7 Å². The van der Waals surface area contributed by atoms with Crippen LogP contribution in [0.4, 0.5) is 0 Å². The second-order valence-corrected chi connectivity index (χ2v) is 6.56. The van der Waals surface area contributed by atoms with E-state index >= 15 is 0 Å². The molecule has 0 radical (unpaired) electrons. The van der Waals surface area contributed by atoms with Crippen molar-refractivity contribution in [2.75, 3.05) is 13.2 Å². The molecule has 2 rings (SSSR count). The van der Waals surface area contributed by atoms with Gasteiger partial charge in [0.2, 0.25) is 5.91 Å². The predicted molar refractivity (Wildman–Crippen MR) is 106 cm³/mol. The Kier molecular flexibility index (Phi) is 8.55. The summed E-state index contributed by atoms with van der Waals surface area (Å²) in [5.74, 6) is -1.58. The summed E-state index contributed by atoms with van der Waals surface area (Å²) in [6, 6.07) is 1.26. The monoisotopic (exact) mass is 417 g/mol. The molecule has 160 valence electrons. The third-order valence-corrected chi connectivity index (χ3v) is 3.97. The summed E-state index contributed by atoms with van der Waals surface area (Å²) >= 11 is 0. The number of amides is 1. The highest BCUT2D eigenvalue weighted by Crippen LogP contribution is 2.17. The summed E-state index contributed by atoms with van der Waals surface area (Å²) in [6.07, 6.45) is 5.93. The molecule has 2 heterocycles. The fourth-order valence-corrected chi connectivity index (χ4v) is 2.72. The zero-order chi connectivity index (χ0) is 21.9. The topological polar surface area (TPSA) is 147 Å². The zero-order valence-electron chi connectivity index (χ0n) is 16.3. The Labute approximate surface area is 171 Å². The van der Waals surface area contributed by atoms with Gasteiger partial charge in [0.05, 0.1) is 13.2 Å². The van der Waals surface area contributed by atoms with Crippen molar-refractivity contribution in [2.24, 2.45) is 0 Å². The van der Waals surface area contributed by atoms with Crippen molar-refractivity contribution in [1.29, 1.82) is 0 Å². The standard InChI is InChI=1S/C20H23N3O7/c1-13-10-14(11-16(24)21-13)4-2-8-29-18(26)6-7-19(27)30-9-3-5-15-12-17(25)23-20(28)22-15/h6-7,11-12H,1-5,8-10H2,(H,21,24)(H2,22,23,25,28)/b7-6+. The van der Waals surface area contributed by atoms with E-state index in [0.717, 1.165) is 17.7 Å². The average molecular weight is 417 g/mol. The van der Waals surface area contributed by atoms with Gasteiger partial charge in [0.1, 0.15) is 0 Å². The number of allylic oxidation sites excluding steroid dienone is 1. The maximum Gasteiger partial charge on any atom is 0.331 e. The van der Waals surface area contributed by atoms with E-state index < -0.39 is 23.2 Å². The highest BCUT2D eigenvalue weighted by Gasteiger charge is 2.11. The molecule has 1 aromatic heterocycles. The molecule has 1 aliphatic heterocycles. The lowest BCUT2D eigenvalue weighted by molar-refractivity contribution is -0.140. The van der Waals surface area contributed by atoms with E-state index in [1.165, 1.54) is 12.1 Å². The SMILES string of the molecule is C=C1CC(CCCOC(=O)/C=C/C(=O)OCCCc2cc(=O)[nH]c(=O)[nH]2)=CC(=O)N1. The van der Waals surface area contributed by atoms with Gasteiger partial charge in [-0.1, -0.05) is 12.2 Å². The normalized spacial score (nSPS) is 13.7. The first-order valence-corrected chi connectivity index (χ1v) is 9.34. The molecule has 0 saturated carbocycles. The van der Waals surface area contributed by atoms with Crippen LogP contribution in [0, 0.1) is 0 Å². The van der Waals surface area contributed by atoms with Crippen LogP contribution >= 0.6 is 0 Å². The van der Waals surface area contributed by atoms with Gasteiger partial charge in [-0.05, 0) is 25.7 Å². The second-order valence-electron chi connectivity index (χ2n) is 6.56. The number of aromatic amines is 2. The number of hydrogen-bond acceptors (Lipinski definition) is 7. The van der Waals surface area contributed by atoms with Gasteiger partial charge >= 0.3 is 17.6 Å². The Morgan fingerprint density at radius 3 is 2.23 bits per heavy atom. The van der Waals surface area contributed by atoms with Gasteiger partial charge in [0.15, 0.2) is 0 Å². The van der Waals surface area contributed by atoms with E-state index in [0.29, 0.717) is 43.5 Å². The van der Waals surface area contributed by atoms with Crippen LogP contribution in [0.3, 0.4) is 0 Å². The number of H-pyrrole nitrogens is 2. The highest BCUT2D eigenvalue weighted by molar-refractivity contribution is 5.91. The number of esters is 2. The lowest BCUT2D eigenvalue weighted by Crippen LogP contribution is -2.24. The van der Waals surface area contributed by atoms with Crippen LogP contribution < -0.4 is 16.6 Å². The summed E-state index contributed by atoms with van der Waals surface area (Å²) in [5, 5.41) is 2.60. The van der Waals surface area contributed by atoms with Crippen molar-refractivity contribution >= 4 is 17.8 Å². The molecule has 0 fully saturated rings. The molecule has 0 bridgehead atoms. The average Bonchev–Trinajstić information content (AvgIpc) is 2.65. The molecular weight excluding hydrogens is 394 g/mol. The molecule has 10 heteroatoms. The van der Waals surface area contributed by atoms with Crippen LogP contribution in [0.5, 0.6) is 0 Å². The third-order valence-electron chi connectivity index (χ3n) is 3.97. The first-order chi connectivity index (χ1) is 14.3. The van der Waals surface area contributed by atoms with Crippen LogP contribution in [0.2, 0.25) is 0 Å². The minimum absolute atomic E-state index is 0.0566. The molecule has 0 atom stereocenters. The van der Waals surface area contributed by atoms with Crippen molar-refractivity contribution in [3.8, 4) is 0 Å². The van der Waals surface area contributed by atoms with Crippen molar-refractivity contribution < 1.29 is 23.9 Å². The number of carbonyl (C=O) groups is 3. The Morgan fingerprint density at radius 1 is 1.00 bits per heavy atom. The molecule has 1 amide bonds. The minimum Gasteiger partial charge on any atom is -0.463 e. The molecular formula is C20H23N3O7. The zero-order valence-corrected chi connectivity index (χ0v) is 16.3. The van der Waals surface area contributed by atoms with E-state index in [1.54, 1.807) is 0 Å². The Morgan fingerprint density at radius 2 is 1.63 bits per heavy atom. The number of nitrogens with one attached hydrogen (secondary N) is 3. The summed E-state index contributed by atoms with van der Waals surface area (Å²) in [6.45, 7) is 3.93. The summed E-state index contributed by atoms with van der Waals surface area (Å²) in [4.78, 5) is 61.4. The van der Waals surface area contributed by atoms with Gasteiger partial charge in [0, 0.05) is 42.1 Å². The van der Waals surface area contributed by atoms with Crippen molar-refractivity contribution in [3.63, 3.8) is 0 Å². The summed E-state index contributed by atoms with van der Waals surface area (Å²) in [5.41, 5.74) is 0.901. The molecule has 0 spiro atoms. The number of aromatic nitrogens is 2. The number of rotatable bonds is 10. The molecule has 30 heavy (non-hydrogen) atoms. The Hall–Kier alpha value is -3.69. The van der Waals surface area contributed by atoms with Gasteiger partial charge in [-0.25, -0.2) is 14.4 Å². The first kappa shape index (κ1) is 22.6. The van der Waals surface area contributed by atoms with Crippen molar-refractivity contribution in [3.05, 3.63) is 68.7 Å². The van der Waals surface area contributed by atoms with Crippen LogP contribution in [0.1, 0.15) is 31.4 Å². The maximum atomic E-state index is 11.6. The number of hydrogen-bond donors (Lipinski definition) is 3. The number of carbonyl (C=O) groups excluding carboxylic acids is 3. The smallest absolute Gasteiger partial charge is 0.331 e. The molecule has 0 aromatic carbocycles. The van der Waals surface area contributed by atoms with Crippen LogP contribution in [-0.4, -0.2) is 41.0 Å². The van der Waals surface area contributed by atoms with Gasteiger partial charge in [-0.15, -0.1) is 0 Å². The molecule has 1 aromatic rings. The van der Waals surface area contributed by atoms with E-state index in [4.69, 9.17) is 9.47 Å². The summed E-state index contributed by atoms with van der Waals surface area (Å²) in [7, 11) is 0. The van der Waals surface area contributed by atoms with Crippen molar-refractivity contribution in [2.45, 2.75) is 32.1 Å². The van der Waals surface area contributed by atoms with E-state index in [-0.39, 0.29) is 19.1 Å². The number of ether oxygens (including phenoxy) is 2. The predicted octanol–water partition coefficient (Wildman–Crippen LogP) is 0.379. The van der Waals surface area contributed by atoms with Crippen LogP contribution in [-0.2, 0) is 30.3 Å².